The second kappa shape index (κ2) is 6.92. The Bertz CT molecular complexity index is 734. The van der Waals surface area contributed by atoms with Gasteiger partial charge in [-0.2, -0.15) is 13.2 Å². The summed E-state index contributed by atoms with van der Waals surface area (Å²) in [5.41, 5.74) is -0.847. The number of anilines is 1. The first-order valence-corrected chi connectivity index (χ1v) is 7.94. The minimum absolute atomic E-state index is 0.0349. The second-order valence-corrected chi connectivity index (χ2v) is 6.21. The molecule has 2 heterocycles. The first-order chi connectivity index (χ1) is 10.8. The van der Waals surface area contributed by atoms with E-state index in [9.17, 15) is 21.6 Å². The first-order valence-electron chi connectivity index (χ1n) is 6.46. The van der Waals surface area contributed by atoms with Crippen LogP contribution >= 0.6 is 0 Å². The number of pyridine rings is 2. The van der Waals surface area contributed by atoms with E-state index in [-0.39, 0.29) is 23.8 Å². The Labute approximate surface area is 130 Å². The third-order valence-corrected chi connectivity index (χ3v) is 4.20. The van der Waals surface area contributed by atoms with Crippen LogP contribution in [-0.2, 0) is 16.2 Å². The number of sulfonamides is 1. The molecule has 2 aromatic rings. The third kappa shape index (κ3) is 4.89. The molecular weight excluding hydrogens is 333 g/mol. The van der Waals surface area contributed by atoms with Crippen LogP contribution in [0.25, 0.3) is 0 Å². The van der Waals surface area contributed by atoms with Gasteiger partial charge in [-0.15, -0.1) is 0 Å². The molecule has 6 nitrogen and oxygen atoms in total. The van der Waals surface area contributed by atoms with Crippen molar-refractivity contribution in [2.45, 2.75) is 11.1 Å². The second-order valence-electron chi connectivity index (χ2n) is 4.44. The SMILES string of the molecule is O=S(=O)(NCCNc1ccc(C(F)(F)F)cn1)c1cccnc1. The van der Waals surface area contributed by atoms with Gasteiger partial charge in [-0.05, 0) is 24.3 Å². The van der Waals surface area contributed by atoms with E-state index in [4.69, 9.17) is 0 Å². The minimum atomic E-state index is -4.44. The number of aromatic nitrogens is 2. The zero-order valence-electron chi connectivity index (χ0n) is 11.7. The highest BCUT2D eigenvalue weighted by Gasteiger charge is 2.30. The van der Waals surface area contributed by atoms with E-state index in [2.05, 4.69) is 20.0 Å². The largest absolute Gasteiger partial charge is 0.417 e. The predicted octanol–water partition coefficient (Wildman–Crippen LogP) is 1.89. The van der Waals surface area contributed by atoms with Gasteiger partial charge in [0.25, 0.3) is 0 Å². The summed E-state index contributed by atoms with van der Waals surface area (Å²) in [7, 11) is -3.66. The maximum Gasteiger partial charge on any atom is 0.417 e. The summed E-state index contributed by atoms with van der Waals surface area (Å²) in [6.45, 7) is 0.206. The number of nitrogens with one attached hydrogen (secondary N) is 2. The minimum Gasteiger partial charge on any atom is -0.369 e. The monoisotopic (exact) mass is 346 g/mol. The van der Waals surface area contributed by atoms with Crippen molar-refractivity contribution in [2.24, 2.45) is 0 Å². The Morgan fingerprint density at radius 3 is 2.43 bits per heavy atom. The number of halogens is 3. The Kier molecular flexibility index (Phi) is 5.16. The molecule has 0 radical (unpaired) electrons. The summed E-state index contributed by atoms with van der Waals surface area (Å²) in [6, 6.07) is 4.98. The van der Waals surface area contributed by atoms with Crippen LogP contribution in [0.3, 0.4) is 0 Å². The summed E-state index contributed by atoms with van der Waals surface area (Å²) in [4.78, 5) is 7.37. The van der Waals surface area contributed by atoms with Crippen LogP contribution in [0.1, 0.15) is 5.56 Å². The molecule has 0 aliphatic rings. The highest BCUT2D eigenvalue weighted by molar-refractivity contribution is 7.89. The lowest BCUT2D eigenvalue weighted by Gasteiger charge is -2.09. The van der Waals surface area contributed by atoms with Gasteiger partial charge in [0.15, 0.2) is 0 Å². The van der Waals surface area contributed by atoms with E-state index in [1.165, 1.54) is 30.6 Å². The molecule has 10 heteroatoms. The van der Waals surface area contributed by atoms with Gasteiger partial charge < -0.3 is 5.32 Å². The molecule has 23 heavy (non-hydrogen) atoms. The van der Waals surface area contributed by atoms with Crippen molar-refractivity contribution < 1.29 is 21.6 Å². The van der Waals surface area contributed by atoms with Crippen LogP contribution in [0.5, 0.6) is 0 Å². The summed E-state index contributed by atoms with van der Waals surface area (Å²) in [5, 5.41) is 2.73. The molecule has 0 fully saturated rings. The number of rotatable bonds is 6. The van der Waals surface area contributed by atoms with E-state index in [0.29, 0.717) is 6.20 Å². The molecule has 0 spiro atoms. The van der Waals surface area contributed by atoms with Gasteiger partial charge in [-0.3, -0.25) is 4.98 Å². The first kappa shape index (κ1) is 17.2. The summed E-state index contributed by atoms with van der Waals surface area (Å²) >= 11 is 0. The van der Waals surface area contributed by atoms with Gasteiger partial charge in [0.2, 0.25) is 10.0 Å². The highest BCUT2D eigenvalue weighted by Crippen LogP contribution is 2.28. The molecular formula is C13H13F3N4O2S. The molecule has 0 aliphatic heterocycles. The molecule has 0 aromatic carbocycles. The number of alkyl halides is 3. The van der Waals surface area contributed by atoms with E-state index in [1.807, 2.05) is 0 Å². The van der Waals surface area contributed by atoms with Crippen molar-refractivity contribution >= 4 is 15.8 Å². The fourth-order valence-electron chi connectivity index (χ4n) is 1.63. The molecule has 2 N–H and O–H groups in total. The van der Waals surface area contributed by atoms with Crippen molar-refractivity contribution in [1.82, 2.24) is 14.7 Å². The fourth-order valence-corrected chi connectivity index (χ4v) is 2.63. The van der Waals surface area contributed by atoms with Crippen molar-refractivity contribution in [3.8, 4) is 0 Å². The Morgan fingerprint density at radius 2 is 1.87 bits per heavy atom. The number of hydrogen-bond donors (Lipinski definition) is 2. The van der Waals surface area contributed by atoms with Gasteiger partial charge in [-0.1, -0.05) is 0 Å². The Balaban J connectivity index is 1.84. The molecule has 0 saturated carbocycles. The lowest BCUT2D eigenvalue weighted by molar-refractivity contribution is -0.137. The molecule has 124 valence electrons. The molecule has 2 rings (SSSR count). The normalized spacial score (nSPS) is 12.1. The lowest BCUT2D eigenvalue weighted by atomic mass is 10.3. The van der Waals surface area contributed by atoms with E-state index >= 15 is 0 Å². The highest BCUT2D eigenvalue weighted by atomic mass is 32.2. The Morgan fingerprint density at radius 1 is 1.09 bits per heavy atom. The van der Waals surface area contributed by atoms with Gasteiger partial charge >= 0.3 is 6.18 Å². The van der Waals surface area contributed by atoms with Gasteiger partial charge in [-0.25, -0.2) is 18.1 Å². The molecule has 2 aromatic heterocycles. The van der Waals surface area contributed by atoms with Crippen molar-refractivity contribution in [3.63, 3.8) is 0 Å². The van der Waals surface area contributed by atoms with Crippen LogP contribution in [0.4, 0.5) is 19.0 Å². The maximum atomic E-state index is 12.4. The topological polar surface area (TPSA) is 84.0 Å². The lowest BCUT2D eigenvalue weighted by Crippen LogP contribution is -2.29. The summed E-state index contributed by atoms with van der Waals surface area (Å²) < 4.78 is 63.2. The summed E-state index contributed by atoms with van der Waals surface area (Å²) in [5.74, 6) is 0.221. The number of nitrogens with zero attached hydrogens (tertiary/aromatic N) is 2. The van der Waals surface area contributed by atoms with Gasteiger partial charge in [0, 0.05) is 31.7 Å². The van der Waals surface area contributed by atoms with Crippen LogP contribution in [0, 0.1) is 0 Å². The zero-order chi connectivity index (χ0) is 16.9. The van der Waals surface area contributed by atoms with Crippen molar-refractivity contribution in [3.05, 3.63) is 48.4 Å². The molecule has 0 saturated heterocycles. The fraction of sp³-hybridized carbons (Fsp3) is 0.231. The standard InChI is InChI=1S/C13H13F3N4O2S/c14-13(15,16)10-3-4-12(19-8-10)18-6-7-20-23(21,22)11-2-1-5-17-9-11/h1-5,8-9,20H,6-7H2,(H,18,19). The van der Waals surface area contributed by atoms with Gasteiger partial charge in [0.05, 0.1) is 5.56 Å². The number of hydrogen-bond acceptors (Lipinski definition) is 5. The molecule has 0 aliphatic carbocycles. The van der Waals surface area contributed by atoms with E-state index in [1.54, 1.807) is 0 Å². The van der Waals surface area contributed by atoms with E-state index < -0.39 is 21.8 Å². The van der Waals surface area contributed by atoms with Gasteiger partial charge in [0.1, 0.15) is 10.7 Å². The molecule has 0 amide bonds. The smallest absolute Gasteiger partial charge is 0.369 e. The molecule has 0 atom stereocenters. The van der Waals surface area contributed by atoms with Crippen molar-refractivity contribution in [1.29, 1.82) is 0 Å². The third-order valence-electron chi connectivity index (χ3n) is 2.76. The van der Waals surface area contributed by atoms with Crippen LogP contribution in [-0.4, -0.2) is 31.5 Å². The summed E-state index contributed by atoms with van der Waals surface area (Å²) in [6.07, 6.45) is -1.06. The Hall–Kier alpha value is -2.20. The molecule has 0 bridgehead atoms. The average molecular weight is 346 g/mol. The van der Waals surface area contributed by atoms with E-state index in [0.717, 1.165) is 6.07 Å². The van der Waals surface area contributed by atoms with Crippen molar-refractivity contribution in [2.75, 3.05) is 18.4 Å². The zero-order valence-corrected chi connectivity index (χ0v) is 12.5. The predicted molar refractivity (Wildman–Crippen MR) is 77.2 cm³/mol. The van der Waals surface area contributed by atoms with Crippen LogP contribution < -0.4 is 10.0 Å². The average Bonchev–Trinajstić information content (AvgIpc) is 2.52. The van der Waals surface area contributed by atoms with Crippen LogP contribution in [0.15, 0.2) is 47.8 Å². The van der Waals surface area contributed by atoms with Crippen LogP contribution in [0.2, 0.25) is 0 Å². The molecule has 0 unspecified atom stereocenters. The maximum absolute atomic E-state index is 12.4. The quantitative estimate of drug-likeness (QED) is 0.781.